The van der Waals surface area contributed by atoms with Gasteiger partial charge in [-0.15, -0.1) is 0 Å². The number of hydrogen-bond acceptors (Lipinski definition) is 1. The van der Waals surface area contributed by atoms with E-state index in [1.807, 2.05) is 0 Å². The highest BCUT2D eigenvalue weighted by Crippen LogP contribution is 2.32. The number of hydrogen-bond donors (Lipinski definition) is 0. The zero-order valence-electron chi connectivity index (χ0n) is 11.3. The molecule has 0 fully saturated rings. The number of fused-ring (bicyclic) bond motifs is 1. The Balaban J connectivity index is 2.81. The first kappa shape index (κ1) is 12.0. The lowest BCUT2D eigenvalue weighted by atomic mass is 9.94. The molecule has 0 N–H and O–H groups in total. The molecule has 0 aliphatic heterocycles. The van der Waals surface area contributed by atoms with Crippen molar-refractivity contribution in [2.75, 3.05) is 7.11 Å². The highest BCUT2D eigenvalue weighted by molar-refractivity contribution is 5.92. The van der Waals surface area contributed by atoms with Crippen molar-refractivity contribution in [3.63, 3.8) is 0 Å². The monoisotopic (exact) mass is 228 g/mol. The van der Waals surface area contributed by atoms with Crippen molar-refractivity contribution < 1.29 is 4.74 Å². The molecule has 1 nitrogen and oxygen atoms in total. The van der Waals surface area contributed by atoms with Crippen LogP contribution in [-0.4, -0.2) is 7.11 Å². The van der Waals surface area contributed by atoms with Gasteiger partial charge in [-0.25, -0.2) is 0 Å². The van der Waals surface area contributed by atoms with Gasteiger partial charge in [-0.2, -0.15) is 0 Å². The molecule has 2 aromatic rings. The summed E-state index contributed by atoms with van der Waals surface area (Å²) >= 11 is 0. The van der Waals surface area contributed by atoms with Crippen molar-refractivity contribution in [2.45, 2.75) is 33.6 Å². The molecule has 0 aromatic heterocycles. The maximum Gasteiger partial charge on any atom is 0.126 e. The second-order valence-electron chi connectivity index (χ2n) is 5.05. The van der Waals surface area contributed by atoms with E-state index in [1.54, 1.807) is 7.11 Å². The number of methoxy groups -OCH3 is 1. The van der Waals surface area contributed by atoms with Gasteiger partial charge in [0.1, 0.15) is 5.75 Å². The SMILES string of the molecule is COc1cc(C)cc2c(C)cc(C(C)C)cc12. The van der Waals surface area contributed by atoms with Gasteiger partial charge in [-0.3, -0.25) is 0 Å². The van der Waals surface area contributed by atoms with E-state index in [9.17, 15) is 0 Å². The summed E-state index contributed by atoms with van der Waals surface area (Å²) in [6.07, 6.45) is 0. The molecule has 17 heavy (non-hydrogen) atoms. The summed E-state index contributed by atoms with van der Waals surface area (Å²) in [6.45, 7) is 8.73. The average Bonchev–Trinajstić information content (AvgIpc) is 2.28. The fourth-order valence-corrected chi connectivity index (χ4v) is 2.28. The van der Waals surface area contributed by atoms with Gasteiger partial charge in [0.2, 0.25) is 0 Å². The van der Waals surface area contributed by atoms with Crippen LogP contribution in [0.25, 0.3) is 10.8 Å². The van der Waals surface area contributed by atoms with Gasteiger partial charge >= 0.3 is 0 Å². The van der Waals surface area contributed by atoms with E-state index in [1.165, 1.54) is 27.5 Å². The third-order valence-electron chi connectivity index (χ3n) is 3.29. The Labute approximate surface area is 103 Å². The maximum atomic E-state index is 5.50. The molecular formula is C16H20O. The van der Waals surface area contributed by atoms with Gasteiger partial charge in [-0.1, -0.05) is 26.0 Å². The second-order valence-corrected chi connectivity index (χ2v) is 5.05. The van der Waals surface area contributed by atoms with Crippen LogP contribution in [0.4, 0.5) is 0 Å². The third-order valence-corrected chi connectivity index (χ3v) is 3.29. The van der Waals surface area contributed by atoms with Crippen molar-refractivity contribution in [3.05, 3.63) is 41.0 Å². The second kappa shape index (κ2) is 4.40. The van der Waals surface area contributed by atoms with Crippen molar-refractivity contribution in [1.29, 1.82) is 0 Å². The first-order valence-corrected chi connectivity index (χ1v) is 6.12. The van der Waals surface area contributed by atoms with Gasteiger partial charge in [0.15, 0.2) is 0 Å². The summed E-state index contributed by atoms with van der Waals surface area (Å²) < 4.78 is 5.50. The number of rotatable bonds is 2. The molecule has 90 valence electrons. The van der Waals surface area contributed by atoms with Crippen LogP contribution in [0.5, 0.6) is 5.75 Å². The van der Waals surface area contributed by atoms with Crippen LogP contribution in [-0.2, 0) is 0 Å². The first-order chi connectivity index (χ1) is 8.02. The molecular weight excluding hydrogens is 208 g/mol. The summed E-state index contributed by atoms with van der Waals surface area (Å²) in [5.74, 6) is 1.52. The van der Waals surface area contributed by atoms with Gasteiger partial charge in [0, 0.05) is 5.39 Å². The fraction of sp³-hybridized carbons (Fsp3) is 0.375. The molecule has 0 aliphatic carbocycles. The largest absolute Gasteiger partial charge is 0.496 e. The Morgan fingerprint density at radius 3 is 2.24 bits per heavy atom. The summed E-state index contributed by atoms with van der Waals surface area (Å²) in [5.41, 5.74) is 3.94. The van der Waals surface area contributed by atoms with Gasteiger partial charge in [0.05, 0.1) is 7.11 Å². The Kier molecular flexibility index (Phi) is 3.10. The first-order valence-electron chi connectivity index (χ1n) is 6.12. The molecule has 0 spiro atoms. The molecule has 2 rings (SSSR count). The molecule has 2 aromatic carbocycles. The highest BCUT2D eigenvalue weighted by Gasteiger charge is 2.08. The Morgan fingerprint density at radius 1 is 0.941 bits per heavy atom. The summed E-state index contributed by atoms with van der Waals surface area (Å²) in [6, 6.07) is 8.88. The van der Waals surface area contributed by atoms with E-state index < -0.39 is 0 Å². The van der Waals surface area contributed by atoms with Crippen LogP contribution in [0.1, 0.15) is 36.5 Å². The minimum Gasteiger partial charge on any atom is -0.496 e. The van der Waals surface area contributed by atoms with Crippen LogP contribution < -0.4 is 4.74 Å². The van der Waals surface area contributed by atoms with Gasteiger partial charge in [0.25, 0.3) is 0 Å². The summed E-state index contributed by atoms with van der Waals surface area (Å²) in [7, 11) is 1.74. The standard InChI is InChI=1S/C16H20O/c1-10(2)13-8-12(4)14-6-11(3)7-16(17-5)15(14)9-13/h6-10H,1-5H3. The minimum atomic E-state index is 0.545. The molecule has 0 bridgehead atoms. The predicted octanol–water partition coefficient (Wildman–Crippen LogP) is 4.59. The minimum absolute atomic E-state index is 0.545. The molecule has 0 aliphatic rings. The van der Waals surface area contributed by atoms with E-state index in [2.05, 4.69) is 52.0 Å². The van der Waals surface area contributed by atoms with Gasteiger partial charge < -0.3 is 4.74 Å². The molecule has 0 saturated heterocycles. The molecule has 0 amide bonds. The Morgan fingerprint density at radius 2 is 1.65 bits per heavy atom. The molecule has 1 heteroatoms. The fourth-order valence-electron chi connectivity index (χ4n) is 2.28. The maximum absolute atomic E-state index is 5.50. The van der Waals surface area contributed by atoms with E-state index in [0.29, 0.717) is 5.92 Å². The van der Waals surface area contributed by atoms with Crippen LogP contribution in [0.3, 0.4) is 0 Å². The smallest absolute Gasteiger partial charge is 0.126 e. The molecule has 0 saturated carbocycles. The Bertz CT molecular complexity index is 553. The van der Waals surface area contributed by atoms with E-state index >= 15 is 0 Å². The number of ether oxygens (including phenoxy) is 1. The van der Waals surface area contributed by atoms with E-state index in [-0.39, 0.29) is 0 Å². The van der Waals surface area contributed by atoms with Crippen LogP contribution in [0.2, 0.25) is 0 Å². The van der Waals surface area contributed by atoms with Crippen molar-refractivity contribution >= 4 is 10.8 Å². The number of benzene rings is 2. The summed E-state index contributed by atoms with van der Waals surface area (Å²) in [4.78, 5) is 0. The molecule has 0 unspecified atom stereocenters. The van der Waals surface area contributed by atoms with E-state index in [0.717, 1.165) is 5.75 Å². The lowest BCUT2D eigenvalue weighted by molar-refractivity contribution is 0.419. The lowest BCUT2D eigenvalue weighted by Crippen LogP contribution is -1.93. The zero-order valence-corrected chi connectivity index (χ0v) is 11.3. The lowest BCUT2D eigenvalue weighted by Gasteiger charge is -2.13. The van der Waals surface area contributed by atoms with Crippen LogP contribution in [0, 0.1) is 13.8 Å². The molecule has 0 heterocycles. The third kappa shape index (κ3) is 2.14. The Hall–Kier alpha value is -1.50. The van der Waals surface area contributed by atoms with Crippen LogP contribution >= 0.6 is 0 Å². The normalized spacial score (nSPS) is 11.2. The van der Waals surface area contributed by atoms with Crippen molar-refractivity contribution in [1.82, 2.24) is 0 Å². The predicted molar refractivity (Wildman–Crippen MR) is 74.1 cm³/mol. The highest BCUT2D eigenvalue weighted by atomic mass is 16.5. The van der Waals surface area contributed by atoms with Crippen LogP contribution in [0.15, 0.2) is 24.3 Å². The van der Waals surface area contributed by atoms with E-state index in [4.69, 9.17) is 4.74 Å². The number of aryl methyl sites for hydroxylation is 2. The van der Waals surface area contributed by atoms with Gasteiger partial charge in [-0.05, 0) is 54.0 Å². The van der Waals surface area contributed by atoms with Crippen molar-refractivity contribution in [2.24, 2.45) is 0 Å². The quantitative estimate of drug-likeness (QED) is 0.730. The molecule has 0 atom stereocenters. The topological polar surface area (TPSA) is 9.23 Å². The zero-order chi connectivity index (χ0) is 12.6. The average molecular weight is 228 g/mol. The summed E-state index contributed by atoms with van der Waals surface area (Å²) in [5, 5.41) is 2.52. The van der Waals surface area contributed by atoms with Crippen molar-refractivity contribution in [3.8, 4) is 5.75 Å². The molecule has 0 radical (unpaired) electrons.